The van der Waals surface area contributed by atoms with E-state index in [4.69, 9.17) is 0 Å². The zero-order valence-corrected chi connectivity index (χ0v) is 12.2. The molecule has 1 saturated carbocycles. The molecule has 3 nitrogen and oxygen atoms in total. The molecule has 2 N–H and O–H groups in total. The molecule has 2 rings (SSSR count). The van der Waals surface area contributed by atoms with Gasteiger partial charge in [-0.2, -0.15) is 0 Å². The van der Waals surface area contributed by atoms with E-state index in [1.165, 1.54) is 32.1 Å². The molecule has 1 heterocycles. The van der Waals surface area contributed by atoms with E-state index in [1.807, 2.05) is 0 Å². The standard InChI is InChI=1S/C14H26N2O.ClH/c1-11-3-2-4-13(6-5-11)16-14(17)9-12-7-8-15-10-12;/h11-13,15H,2-10H2,1H3,(H,16,17);1H. The van der Waals surface area contributed by atoms with Crippen molar-refractivity contribution >= 4 is 18.3 Å². The monoisotopic (exact) mass is 274 g/mol. The maximum Gasteiger partial charge on any atom is 0.220 e. The lowest BCUT2D eigenvalue weighted by Crippen LogP contribution is -2.35. The van der Waals surface area contributed by atoms with Gasteiger partial charge in [0.1, 0.15) is 0 Å². The van der Waals surface area contributed by atoms with Gasteiger partial charge in [0.05, 0.1) is 0 Å². The van der Waals surface area contributed by atoms with Crippen molar-refractivity contribution in [2.45, 2.75) is 57.9 Å². The fourth-order valence-corrected chi connectivity index (χ4v) is 3.07. The average Bonchev–Trinajstić information content (AvgIpc) is 2.70. The minimum absolute atomic E-state index is 0. The molecule has 4 heteroatoms. The Morgan fingerprint density at radius 2 is 2.06 bits per heavy atom. The van der Waals surface area contributed by atoms with Crippen molar-refractivity contribution in [2.75, 3.05) is 13.1 Å². The number of rotatable bonds is 3. The third-order valence-corrected chi connectivity index (χ3v) is 4.26. The van der Waals surface area contributed by atoms with E-state index >= 15 is 0 Å². The second kappa shape index (κ2) is 8.00. The summed E-state index contributed by atoms with van der Waals surface area (Å²) in [5, 5.41) is 6.56. The van der Waals surface area contributed by atoms with Crippen LogP contribution in [0.2, 0.25) is 0 Å². The smallest absolute Gasteiger partial charge is 0.220 e. The highest BCUT2D eigenvalue weighted by Crippen LogP contribution is 2.23. The molecule has 1 aliphatic heterocycles. The number of carbonyl (C=O) groups is 1. The summed E-state index contributed by atoms with van der Waals surface area (Å²) in [6.45, 7) is 4.43. The van der Waals surface area contributed by atoms with Gasteiger partial charge in [-0.15, -0.1) is 12.4 Å². The fourth-order valence-electron chi connectivity index (χ4n) is 3.07. The lowest BCUT2D eigenvalue weighted by atomic mass is 10.0. The van der Waals surface area contributed by atoms with E-state index in [9.17, 15) is 4.79 Å². The Bertz CT molecular complexity index is 254. The van der Waals surface area contributed by atoms with Crippen LogP contribution in [0.25, 0.3) is 0 Å². The molecule has 0 aromatic heterocycles. The van der Waals surface area contributed by atoms with E-state index in [-0.39, 0.29) is 18.3 Å². The Morgan fingerprint density at radius 1 is 1.22 bits per heavy atom. The van der Waals surface area contributed by atoms with Crippen LogP contribution in [0.3, 0.4) is 0 Å². The highest BCUT2D eigenvalue weighted by molar-refractivity contribution is 5.85. The summed E-state index contributed by atoms with van der Waals surface area (Å²) >= 11 is 0. The topological polar surface area (TPSA) is 41.1 Å². The van der Waals surface area contributed by atoms with Gasteiger partial charge in [0.2, 0.25) is 5.91 Å². The number of amides is 1. The maximum atomic E-state index is 11.9. The van der Waals surface area contributed by atoms with Gasteiger partial charge in [-0.05, 0) is 50.6 Å². The van der Waals surface area contributed by atoms with Crippen LogP contribution in [0, 0.1) is 11.8 Å². The number of hydrogen-bond acceptors (Lipinski definition) is 2. The SMILES string of the molecule is CC1CCCC(NC(=O)CC2CCNC2)CC1.Cl. The van der Waals surface area contributed by atoms with Crippen molar-refractivity contribution in [1.82, 2.24) is 10.6 Å². The molecule has 18 heavy (non-hydrogen) atoms. The molecule has 1 saturated heterocycles. The molecule has 106 valence electrons. The summed E-state index contributed by atoms with van der Waals surface area (Å²) in [4.78, 5) is 11.9. The number of halogens is 1. The Hall–Kier alpha value is -0.280. The summed E-state index contributed by atoms with van der Waals surface area (Å²) in [6.07, 6.45) is 8.12. The fraction of sp³-hybridized carbons (Fsp3) is 0.929. The van der Waals surface area contributed by atoms with Gasteiger partial charge in [0, 0.05) is 12.5 Å². The van der Waals surface area contributed by atoms with E-state index in [0.29, 0.717) is 12.0 Å². The summed E-state index contributed by atoms with van der Waals surface area (Å²) in [5.74, 6) is 1.69. The third kappa shape index (κ3) is 5.15. The number of nitrogens with one attached hydrogen (secondary N) is 2. The van der Waals surface area contributed by atoms with E-state index in [0.717, 1.165) is 31.8 Å². The highest BCUT2D eigenvalue weighted by atomic mass is 35.5. The third-order valence-electron chi connectivity index (χ3n) is 4.26. The normalized spacial score (nSPS) is 32.4. The molecule has 1 amide bonds. The molecule has 0 radical (unpaired) electrons. The van der Waals surface area contributed by atoms with Crippen LogP contribution in [-0.4, -0.2) is 25.0 Å². The van der Waals surface area contributed by atoms with Gasteiger partial charge < -0.3 is 10.6 Å². The Kier molecular flexibility index (Phi) is 7.02. The molecule has 1 aliphatic carbocycles. The Labute approximate surface area is 117 Å². The van der Waals surface area contributed by atoms with Crippen LogP contribution in [0.5, 0.6) is 0 Å². The first-order chi connectivity index (χ1) is 8.24. The van der Waals surface area contributed by atoms with Crippen LogP contribution in [-0.2, 0) is 4.79 Å². The van der Waals surface area contributed by atoms with E-state index in [1.54, 1.807) is 0 Å². The molecule has 3 unspecified atom stereocenters. The van der Waals surface area contributed by atoms with Crippen molar-refractivity contribution in [1.29, 1.82) is 0 Å². The van der Waals surface area contributed by atoms with Crippen LogP contribution in [0.1, 0.15) is 51.9 Å². The summed E-state index contributed by atoms with van der Waals surface area (Å²) in [6, 6.07) is 0.446. The van der Waals surface area contributed by atoms with Gasteiger partial charge in [-0.25, -0.2) is 0 Å². The highest BCUT2D eigenvalue weighted by Gasteiger charge is 2.21. The molecular weight excluding hydrogens is 248 g/mol. The lowest BCUT2D eigenvalue weighted by Gasteiger charge is -2.17. The molecule has 3 atom stereocenters. The van der Waals surface area contributed by atoms with Crippen molar-refractivity contribution in [3.63, 3.8) is 0 Å². The molecule has 0 aromatic carbocycles. The van der Waals surface area contributed by atoms with Gasteiger partial charge in [-0.1, -0.05) is 19.8 Å². The van der Waals surface area contributed by atoms with Crippen molar-refractivity contribution in [2.24, 2.45) is 11.8 Å². The maximum absolute atomic E-state index is 11.9. The second-order valence-electron chi connectivity index (χ2n) is 5.94. The van der Waals surface area contributed by atoms with E-state index in [2.05, 4.69) is 17.6 Å². The van der Waals surface area contributed by atoms with Crippen molar-refractivity contribution < 1.29 is 4.79 Å². The molecule has 2 aliphatic rings. The van der Waals surface area contributed by atoms with Gasteiger partial charge in [0.15, 0.2) is 0 Å². The van der Waals surface area contributed by atoms with Gasteiger partial charge in [0.25, 0.3) is 0 Å². The minimum Gasteiger partial charge on any atom is -0.353 e. The molecule has 2 fully saturated rings. The summed E-state index contributed by atoms with van der Waals surface area (Å²) in [7, 11) is 0. The molecule has 0 bridgehead atoms. The van der Waals surface area contributed by atoms with Gasteiger partial charge in [-0.3, -0.25) is 4.79 Å². The minimum atomic E-state index is 0. The average molecular weight is 275 g/mol. The first-order valence-electron chi connectivity index (χ1n) is 7.24. The van der Waals surface area contributed by atoms with Crippen LogP contribution in [0.4, 0.5) is 0 Å². The number of hydrogen-bond donors (Lipinski definition) is 2. The molecule has 0 spiro atoms. The van der Waals surface area contributed by atoms with Crippen molar-refractivity contribution in [3.05, 3.63) is 0 Å². The Balaban J connectivity index is 0.00000162. The van der Waals surface area contributed by atoms with Crippen molar-refractivity contribution in [3.8, 4) is 0 Å². The van der Waals surface area contributed by atoms with Crippen LogP contribution >= 0.6 is 12.4 Å². The summed E-state index contributed by atoms with van der Waals surface area (Å²) in [5.41, 5.74) is 0. The van der Waals surface area contributed by atoms with E-state index < -0.39 is 0 Å². The van der Waals surface area contributed by atoms with Gasteiger partial charge >= 0.3 is 0 Å². The summed E-state index contributed by atoms with van der Waals surface area (Å²) < 4.78 is 0. The predicted octanol–water partition coefficient (Wildman–Crippen LogP) is 2.49. The largest absolute Gasteiger partial charge is 0.353 e. The quantitative estimate of drug-likeness (QED) is 0.777. The van der Waals surface area contributed by atoms with Crippen LogP contribution in [0.15, 0.2) is 0 Å². The first-order valence-corrected chi connectivity index (χ1v) is 7.24. The predicted molar refractivity (Wildman–Crippen MR) is 77.0 cm³/mol. The zero-order valence-electron chi connectivity index (χ0n) is 11.4. The second-order valence-corrected chi connectivity index (χ2v) is 5.94. The molecular formula is C14H27ClN2O. The Morgan fingerprint density at radius 3 is 2.78 bits per heavy atom. The first kappa shape index (κ1) is 15.8. The van der Waals surface area contributed by atoms with Crippen LogP contribution < -0.4 is 10.6 Å². The lowest BCUT2D eigenvalue weighted by molar-refractivity contribution is -0.122. The molecule has 0 aromatic rings. The number of carbonyl (C=O) groups excluding carboxylic acids is 1. The zero-order chi connectivity index (χ0) is 12.1.